The van der Waals surface area contributed by atoms with Gasteiger partial charge in [-0.2, -0.15) is 0 Å². The molecule has 0 saturated carbocycles. The van der Waals surface area contributed by atoms with Gasteiger partial charge in [0.05, 0.1) is 13.2 Å². The van der Waals surface area contributed by atoms with Gasteiger partial charge in [0.2, 0.25) is 0 Å². The van der Waals surface area contributed by atoms with E-state index in [0.717, 1.165) is 13.2 Å². The molecule has 0 unspecified atom stereocenters. The van der Waals surface area contributed by atoms with Crippen molar-refractivity contribution in [2.75, 3.05) is 39.4 Å². The Labute approximate surface area is 100 Å². The molecule has 1 aliphatic rings. The number of likely N-dealkylation sites (tertiary alicyclic amines) is 1. The van der Waals surface area contributed by atoms with Crippen molar-refractivity contribution in [1.82, 2.24) is 4.90 Å². The van der Waals surface area contributed by atoms with Crippen molar-refractivity contribution in [2.24, 2.45) is 11.1 Å². The number of piperidine rings is 1. The van der Waals surface area contributed by atoms with E-state index in [9.17, 15) is 0 Å². The molecular formula is C13H28N2O. The maximum absolute atomic E-state index is 5.42. The highest BCUT2D eigenvalue weighted by molar-refractivity contribution is 4.83. The highest BCUT2D eigenvalue weighted by Gasteiger charge is 2.30. The molecular weight excluding hydrogens is 200 g/mol. The fourth-order valence-electron chi connectivity index (χ4n) is 2.59. The van der Waals surface area contributed by atoms with Gasteiger partial charge >= 0.3 is 0 Å². The van der Waals surface area contributed by atoms with E-state index in [1.807, 2.05) is 0 Å². The van der Waals surface area contributed by atoms with Crippen LogP contribution in [0.3, 0.4) is 0 Å². The molecule has 0 aromatic heterocycles. The quantitative estimate of drug-likeness (QED) is 0.676. The number of rotatable bonds is 7. The van der Waals surface area contributed by atoms with Crippen LogP contribution in [-0.4, -0.2) is 44.3 Å². The van der Waals surface area contributed by atoms with Crippen molar-refractivity contribution >= 4 is 0 Å². The predicted molar refractivity (Wildman–Crippen MR) is 68.6 cm³/mol. The molecule has 0 spiro atoms. The van der Waals surface area contributed by atoms with Gasteiger partial charge in [0, 0.05) is 13.1 Å². The van der Waals surface area contributed by atoms with Crippen molar-refractivity contribution < 1.29 is 4.74 Å². The molecule has 0 aromatic carbocycles. The van der Waals surface area contributed by atoms with E-state index in [-0.39, 0.29) is 0 Å². The van der Waals surface area contributed by atoms with Crippen molar-refractivity contribution in [1.29, 1.82) is 0 Å². The number of ether oxygens (including phenoxy) is 1. The average Bonchev–Trinajstić information content (AvgIpc) is 2.36. The van der Waals surface area contributed by atoms with Crippen LogP contribution in [-0.2, 0) is 4.74 Å². The summed E-state index contributed by atoms with van der Waals surface area (Å²) in [7, 11) is 0. The smallest absolute Gasteiger partial charge is 0.0594 e. The molecule has 0 atom stereocenters. The van der Waals surface area contributed by atoms with Gasteiger partial charge in [0.15, 0.2) is 0 Å². The minimum Gasteiger partial charge on any atom is -0.379 e. The number of nitrogens with zero attached hydrogens (tertiary/aromatic N) is 1. The monoisotopic (exact) mass is 228 g/mol. The molecule has 0 radical (unpaired) electrons. The summed E-state index contributed by atoms with van der Waals surface area (Å²) in [5.41, 5.74) is 6.01. The lowest BCUT2D eigenvalue weighted by Crippen LogP contribution is -2.41. The summed E-state index contributed by atoms with van der Waals surface area (Å²) in [6, 6.07) is 0. The van der Waals surface area contributed by atoms with E-state index in [0.29, 0.717) is 18.6 Å². The van der Waals surface area contributed by atoms with E-state index in [1.54, 1.807) is 0 Å². The molecule has 96 valence electrons. The lowest BCUT2D eigenvalue weighted by molar-refractivity contribution is 0.0607. The zero-order valence-electron chi connectivity index (χ0n) is 11.0. The molecule has 1 rings (SSSR count). The largest absolute Gasteiger partial charge is 0.379 e. The molecule has 0 bridgehead atoms. The molecule has 2 N–H and O–H groups in total. The standard InChI is InChI=1S/C13H28N2O/c1-3-13(4-2)5-8-15(9-6-13)10-12-16-11-7-14/h3-12,14H2,1-2H3. The predicted octanol–water partition coefficient (Wildman–Crippen LogP) is 1.86. The first kappa shape index (κ1) is 13.9. The highest BCUT2D eigenvalue weighted by Crippen LogP contribution is 2.37. The third-order valence-corrected chi connectivity index (χ3v) is 4.23. The van der Waals surface area contributed by atoms with Crippen LogP contribution in [0.2, 0.25) is 0 Å². The maximum Gasteiger partial charge on any atom is 0.0594 e. The summed E-state index contributed by atoms with van der Waals surface area (Å²) in [6.45, 7) is 10.4. The second-order valence-corrected chi connectivity index (χ2v) is 4.95. The van der Waals surface area contributed by atoms with Crippen molar-refractivity contribution in [3.05, 3.63) is 0 Å². The first-order valence-corrected chi connectivity index (χ1v) is 6.76. The van der Waals surface area contributed by atoms with E-state index in [2.05, 4.69) is 18.7 Å². The Balaban J connectivity index is 2.16. The van der Waals surface area contributed by atoms with Crippen LogP contribution in [0, 0.1) is 5.41 Å². The number of hydrogen-bond donors (Lipinski definition) is 1. The minimum absolute atomic E-state index is 0.634. The Hall–Kier alpha value is -0.120. The maximum atomic E-state index is 5.42. The van der Waals surface area contributed by atoms with Crippen LogP contribution in [0.25, 0.3) is 0 Å². The Bertz CT molecular complexity index is 171. The van der Waals surface area contributed by atoms with E-state index < -0.39 is 0 Å². The molecule has 3 heteroatoms. The second kappa shape index (κ2) is 7.25. The molecule has 0 aromatic rings. The van der Waals surface area contributed by atoms with Gasteiger partial charge in [0.25, 0.3) is 0 Å². The van der Waals surface area contributed by atoms with E-state index in [4.69, 9.17) is 10.5 Å². The van der Waals surface area contributed by atoms with Gasteiger partial charge in [-0.1, -0.05) is 26.7 Å². The van der Waals surface area contributed by atoms with E-state index in [1.165, 1.54) is 38.8 Å². The Kier molecular flexibility index (Phi) is 6.32. The molecule has 0 amide bonds. The molecule has 16 heavy (non-hydrogen) atoms. The fraction of sp³-hybridized carbons (Fsp3) is 1.00. The van der Waals surface area contributed by atoms with Crippen LogP contribution in [0.15, 0.2) is 0 Å². The molecule has 1 saturated heterocycles. The van der Waals surface area contributed by atoms with Gasteiger partial charge < -0.3 is 15.4 Å². The summed E-state index contributed by atoms with van der Waals surface area (Å²) in [5.74, 6) is 0. The zero-order valence-corrected chi connectivity index (χ0v) is 11.0. The van der Waals surface area contributed by atoms with Crippen molar-refractivity contribution in [2.45, 2.75) is 39.5 Å². The third kappa shape index (κ3) is 4.04. The highest BCUT2D eigenvalue weighted by atomic mass is 16.5. The summed E-state index contributed by atoms with van der Waals surface area (Å²) in [6.07, 6.45) is 5.38. The third-order valence-electron chi connectivity index (χ3n) is 4.23. The lowest BCUT2D eigenvalue weighted by Gasteiger charge is -2.41. The topological polar surface area (TPSA) is 38.5 Å². The van der Waals surface area contributed by atoms with Gasteiger partial charge in [-0.3, -0.25) is 0 Å². The molecule has 0 aliphatic carbocycles. The van der Waals surface area contributed by atoms with Crippen LogP contribution in [0.5, 0.6) is 0 Å². The lowest BCUT2D eigenvalue weighted by atomic mass is 9.74. The molecule has 1 aliphatic heterocycles. The van der Waals surface area contributed by atoms with Crippen LogP contribution < -0.4 is 5.73 Å². The Morgan fingerprint density at radius 3 is 2.25 bits per heavy atom. The summed E-state index contributed by atoms with van der Waals surface area (Å²) >= 11 is 0. The SMILES string of the molecule is CCC1(CC)CCN(CCOCCN)CC1. The number of hydrogen-bond acceptors (Lipinski definition) is 3. The van der Waals surface area contributed by atoms with Crippen LogP contribution in [0.4, 0.5) is 0 Å². The summed E-state index contributed by atoms with van der Waals surface area (Å²) in [5, 5.41) is 0. The van der Waals surface area contributed by atoms with Gasteiger partial charge in [-0.25, -0.2) is 0 Å². The van der Waals surface area contributed by atoms with Gasteiger partial charge in [-0.15, -0.1) is 0 Å². The molecule has 3 nitrogen and oxygen atoms in total. The van der Waals surface area contributed by atoms with Gasteiger partial charge in [0.1, 0.15) is 0 Å². The normalized spacial score (nSPS) is 21.2. The van der Waals surface area contributed by atoms with Gasteiger partial charge in [-0.05, 0) is 31.3 Å². The van der Waals surface area contributed by atoms with E-state index >= 15 is 0 Å². The minimum atomic E-state index is 0.634. The Morgan fingerprint density at radius 2 is 1.75 bits per heavy atom. The Morgan fingerprint density at radius 1 is 1.12 bits per heavy atom. The summed E-state index contributed by atoms with van der Waals surface area (Å²) in [4.78, 5) is 2.53. The number of nitrogens with two attached hydrogens (primary N) is 1. The van der Waals surface area contributed by atoms with Crippen molar-refractivity contribution in [3.63, 3.8) is 0 Å². The second-order valence-electron chi connectivity index (χ2n) is 4.95. The average molecular weight is 228 g/mol. The molecule has 1 fully saturated rings. The zero-order chi connectivity index (χ0) is 11.9. The first-order chi connectivity index (χ1) is 7.76. The van der Waals surface area contributed by atoms with Crippen LogP contribution in [0.1, 0.15) is 39.5 Å². The fourth-order valence-corrected chi connectivity index (χ4v) is 2.59. The summed E-state index contributed by atoms with van der Waals surface area (Å²) < 4.78 is 5.42. The molecule has 1 heterocycles. The van der Waals surface area contributed by atoms with Crippen molar-refractivity contribution in [3.8, 4) is 0 Å². The first-order valence-electron chi connectivity index (χ1n) is 6.76. The van der Waals surface area contributed by atoms with Crippen LogP contribution >= 0.6 is 0 Å².